The van der Waals surface area contributed by atoms with Crippen LogP contribution < -0.4 is 0 Å². The van der Waals surface area contributed by atoms with E-state index in [0.717, 1.165) is 9.84 Å². The third-order valence-corrected chi connectivity index (χ3v) is 4.18. The Morgan fingerprint density at radius 3 is 2.22 bits per heavy atom. The molecule has 0 N–H and O–H groups in total. The highest BCUT2D eigenvalue weighted by Gasteiger charge is 2.21. The molecule has 3 heteroatoms. The summed E-state index contributed by atoms with van der Waals surface area (Å²) in [5.41, 5.74) is 0. The molecule has 0 amide bonds. The maximum Gasteiger partial charge on any atom is 0.0603 e. The highest BCUT2D eigenvalue weighted by Crippen LogP contribution is 2.19. The average Bonchev–Trinajstić information content (AvgIpc) is 2.28. The summed E-state index contributed by atoms with van der Waals surface area (Å²) in [6, 6.07) is 0. The van der Waals surface area contributed by atoms with E-state index in [1.165, 1.54) is 45.3 Å². The van der Waals surface area contributed by atoms with Crippen LogP contribution in [-0.4, -0.2) is 40.7 Å². The Hall–Kier alpha value is 0.650. The van der Waals surface area contributed by atoms with Gasteiger partial charge in [0, 0.05) is 23.6 Å². The molecule has 0 aromatic carbocycles. The van der Waals surface area contributed by atoms with Crippen molar-refractivity contribution in [1.29, 1.82) is 0 Å². The number of halogens is 1. The highest BCUT2D eigenvalue weighted by molar-refractivity contribution is 14.1. The van der Waals surface area contributed by atoms with Gasteiger partial charge in [-0.15, -0.1) is 0 Å². The van der Waals surface area contributed by atoms with Crippen molar-refractivity contribution in [3.63, 3.8) is 0 Å². The van der Waals surface area contributed by atoms with Gasteiger partial charge in [-0.25, -0.2) is 0 Å². The monoisotopic (exact) mass is 367 g/mol. The number of nitrogens with zero attached hydrogens (tertiary/aromatic N) is 1. The van der Waals surface area contributed by atoms with Crippen molar-refractivity contribution >= 4 is 22.6 Å². The fourth-order valence-corrected chi connectivity index (χ4v) is 2.96. The molecule has 0 saturated carbocycles. The van der Waals surface area contributed by atoms with Crippen LogP contribution in [0.25, 0.3) is 0 Å². The standard InChI is InChI=1S/C15H30INO/c1-12(2)11-17-9-7-15(8-10-17)18-14(4)6-5-13(3)16/h12-15H,5-11H2,1-4H3/t13?,14-/m0/s1. The molecule has 1 saturated heterocycles. The highest BCUT2D eigenvalue weighted by atomic mass is 127. The lowest BCUT2D eigenvalue weighted by molar-refractivity contribution is -0.0390. The molecule has 18 heavy (non-hydrogen) atoms. The molecule has 0 spiro atoms. The molecule has 1 aliphatic heterocycles. The van der Waals surface area contributed by atoms with Crippen molar-refractivity contribution in [2.75, 3.05) is 19.6 Å². The van der Waals surface area contributed by atoms with Gasteiger partial charge in [-0.2, -0.15) is 0 Å². The minimum absolute atomic E-state index is 0.434. The summed E-state index contributed by atoms with van der Waals surface area (Å²) in [6.45, 7) is 12.8. The van der Waals surface area contributed by atoms with Crippen LogP contribution in [0.5, 0.6) is 0 Å². The third kappa shape index (κ3) is 7.29. The van der Waals surface area contributed by atoms with Crippen LogP contribution in [0.15, 0.2) is 0 Å². The molecule has 1 unspecified atom stereocenters. The Balaban J connectivity index is 2.14. The van der Waals surface area contributed by atoms with Crippen LogP contribution in [0, 0.1) is 5.92 Å². The van der Waals surface area contributed by atoms with E-state index in [-0.39, 0.29) is 0 Å². The molecule has 1 fully saturated rings. The smallest absolute Gasteiger partial charge is 0.0603 e. The fourth-order valence-electron chi connectivity index (χ4n) is 2.61. The van der Waals surface area contributed by atoms with Crippen molar-refractivity contribution in [3.8, 4) is 0 Å². The lowest BCUT2D eigenvalue weighted by Crippen LogP contribution is -2.39. The number of likely N-dealkylation sites (tertiary alicyclic amines) is 1. The van der Waals surface area contributed by atoms with Crippen LogP contribution >= 0.6 is 22.6 Å². The van der Waals surface area contributed by atoms with E-state index in [0.29, 0.717) is 12.2 Å². The van der Waals surface area contributed by atoms with E-state index in [9.17, 15) is 0 Å². The van der Waals surface area contributed by atoms with Gasteiger partial charge in [0.15, 0.2) is 0 Å². The number of rotatable bonds is 7. The molecule has 0 aromatic heterocycles. The normalized spacial score (nSPS) is 22.3. The van der Waals surface area contributed by atoms with Crippen molar-refractivity contribution < 1.29 is 4.74 Å². The molecule has 1 aliphatic rings. The first-order chi connectivity index (χ1) is 8.47. The quantitative estimate of drug-likeness (QED) is 0.496. The van der Waals surface area contributed by atoms with Gasteiger partial charge in [0.25, 0.3) is 0 Å². The van der Waals surface area contributed by atoms with E-state index < -0.39 is 0 Å². The first kappa shape index (κ1) is 16.7. The molecule has 2 atom stereocenters. The number of alkyl halides is 1. The zero-order chi connectivity index (χ0) is 13.5. The van der Waals surface area contributed by atoms with E-state index in [2.05, 4.69) is 55.2 Å². The first-order valence-corrected chi connectivity index (χ1v) is 8.73. The fraction of sp³-hybridized carbons (Fsp3) is 1.00. The molecular weight excluding hydrogens is 337 g/mol. The molecule has 0 aliphatic carbocycles. The van der Waals surface area contributed by atoms with Crippen molar-refractivity contribution in [2.45, 2.75) is 69.5 Å². The Labute approximate surface area is 127 Å². The Bertz CT molecular complexity index is 213. The topological polar surface area (TPSA) is 12.5 Å². The predicted molar refractivity (Wildman–Crippen MR) is 87.6 cm³/mol. The van der Waals surface area contributed by atoms with Gasteiger partial charge < -0.3 is 9.64 Å². The molecule has 0 aromatic rings. The van der Waals surface area contributed by atoms with Crippen molar-refractivity contribution in [3.05, 3.63) is 0 Å². The Morgan fingerprint density at radius 1 is 1.11 bits per heavy atom. The van der Waals surface area contributed by atoms with Gasteiger partial charge in [-0.05, 0) is 38.5 Å². The summed E-state index contributed by atoms with van der Waals surface area (Å²) in [7, 11) is 0. The summed E-state index contributed by atoms with van der Waals surface area (Å²) < 4.78 is 6.93. The maximum absolute atomic E-state index is 6.16. The molecule has 0 radical (unpaired) electrons. The molecule has 0 bridgehead atoms. The number of piperidine rings is 1. The van der Waals surface area contributed by atoms with Gasteiger partial charge in [-0.1, -0.05) is 43.4 Å². The third-order valence-electron chi connectivity index (χ3n) is 3.55. The zero-order valence-electron chi connectivity index (χ0n) is 12.5. The molecule has 1 rings (SSSR count). The molecule has 2 nitrogen and oxygen atoms in total. The number of hydrogen-bond acceptors (Lipinski definition) is 2. The first-order valence-electron chi connectivity index (χ1n) is 7.49. The molecular formula is C15H30INO. The minimum Gasteiger partial charge on any atom is -0.375 e. The SMILES string of the molecule is CC(C)CN1CCC(O[C@@H](C)CCC(C)I)CC1. The van der Waals surface area contributed by atoms with Gasteiger partial charge >= 0.3 is 0 Å². The van der Waals surface area contributed by atoms with Crippen LogP contribution in [0.2, 0.25) is 0 Å². The lowest BCUT2D eigenvalue weighted by atomic mass is 10.1. The summed E-state index contributed by atoms with van der Waals surface area (Å²) >= 11 is 2.50. The van der Waals surface area contributed by atoms with Gasteiger partial charge in [0.1, 0.15) is 0 Å². The summed E-state index contributed by atoms with van der Waals surface area (Å²) in [4.78, 5) is 2.59. The zero-order valence-corrected chi connectivity index (χ0v) is 14.7. The average molecular weight is 367 g/mol. The largest absolute Gasteiger partial charge is 0.375 e. The second kappa shape index (κ2) is 8.75. The molecule has 1 heterocycles. The predicted octanol–water partition coefficient (Wildman–Crippen LogP) is 4.12. The van der Waals surface area contributed by atoms with Crippen molar-refractivity contribution in [2.24, 2.45) is 5.92 Å². The van der Waals surface area contributed by atoms with E-state index in [1.807, 2.05) is 0 Å². The maximum atomic E-state index is 6.16. The number of hydrogen-bond donors (Lipinski definition) is 0. The minimum atomic E-state index is 0.434. The van der Waals surface area contributed by atoms with E-state index in [4.69, 9.17) is 4.74 Å². The van der Waals surface area contributed by atoms with Crippen molar-refractivity contribution in [1.82, 2.24) is 4.90 Å². The van der Waals surface area contributed by atoms with Crippen LogP contribution in [0.3, 0.4) is 0 Å². The van der Waals surface area contributed by atoms with E-state index in [1.54, 1.807) is 0 Å². The molecule has 108 valence electrons. The Kier molecular flexibility index (Phi) is 8.12. The summed E-state index contributed by atoms with van der Waals surface area (Å²) in [5, 5.41) is 0. The van der Waals surface area contributed by atoms with Gasteiger partial charge in [0.2, 0.25) is 0 Å². The van der Waals surface area contributed by atoms with Gasteiger partial charge in [0.05, 0.1) is 12.2 Å². The van der Waals surface area contributed by atoms with E-state index >= 15 is 0 Å². The second-order valence-electron chi connectivity index (χ2n) is 6.20. The summed E-state index contributed by atoms with van der Waals surface area (Å²) in [6.07, 6.45) is 5.86. The number of ether oxygens (including phenoxy) is 1. The van der Waals surface area contributed by atoms with Crippen LogP contribution in [0.4, 0.5) is 0 Å². The Morgan fingerprint density at radius 2 is 1.72 bits per heavy atom. The second-order valence-corrected chi connectivity index (χ2v) is 8.33. The summed E-state index contributed by atoms with van der Waals surface area (Å²) in [5.74, 6) is 0.784. The van der Waals surface area contributed by atoms with Crippen LogP contribution in [-0.2, 0) is 4.74 Å². The van der Waals surface area contributed by atoms with Crippen LogP contribution in [0.1, 0.15) is 53.4 Å². The lowest BCUT2D eigenvalue weighted by Gasteiger charge is -2.34. The van der Waals surface area contributed by atoms with Gasteiger partial charge in [-0.3, -0.25) is 0 Å².